The Morgan fingerprint density at radius 1 is 0.630 bits per heavy atom. The molecule has 0 spiro atoms. The van der Waals surface area contributed by atoms with Gasteiger partial charge in [-0.15, -0.1) is 0 Å². The molecule has 2 heterocycles. The number of nitrogens with zero attached hydrogens (tertiary/aromatic N) is 2. The zero-order valence-corrected chi connectivity index (χ0v) is 14.7. The molecule has 6 nitrogen and oxygen atoms in total. The number of carboxylic acid groups (broad SMARTS) is 2. The number of hydrogen-bond donors (Lipinski definition) is 0. The fraction of sp³-hybridized carbons (Fsp3) is 0. The Bertz CT molecular complexity index is 1020. The van der Waals surface area contributed by atoms with Crippen molar-refractivity contribution in [2.24, 2.45) is 0 Å². The minimum Gasteiger partial charge on any atom is -0.545 e. The first-order valence-corrected chi connectivity index (χ1v) is 7.68. The van der Waals surface area contributed by atoms with Crippen LogP contribution in [0.15, 0.2) is 73.1 Å². The van der Waals surface area contributed by atoms with Crippen LogP contribution in [0.4, 0.5) is 0 Å². The van der Waals surface area contributed by atoms with Gasteiger partial charge in [-0.3, -0.25) is 9.97 Å². The molecule has 0 saturated carbocycles. The van der Waals surface area contributed by atoms with Crippen molar-refractivity contribution in [3.05, 3.63) is 84.2 Å². The number of pyridine rings is 2. The van der Waals surface area contributed by atoms with Crippen molar-refractivity contribution in [1.29, 1.82) is 0 Å². The summed E-state index contributed by atoms with van der Waals surface area (Å²) >= 11 is 0. The van der Waals surface area contributed by atoms with Gasteiger partial charge in [0.2, 0.25) is 0 Å². The van der Waals surface area contributed by atoms with Gasteiger partial charge in [-0.25, -0.2) is 0 Å². The summed E-state index contributed by atoms with van der Waals surface area (Å²) in [5, 5.41) is 22.9. The molecule has 2 aromatic carbocycles. The monoisotopic (exact) mass is 407 g/mol. The number of hydrogen-bond acceptors (Lipinski definition) is 6. The van der Waals surface area contributed by atoms with Crippen molar-refractivity contribution in [1.82, 2.24) is 9.97 Å². The predicted molar refractivity (Wildman–Crippen MR) is 92.1 cm³/mol. The second-order valence-corrected chi connectivity index (χ2v) is 5.34. The third-order valence-electron chi connectivity index (χ3n) is 3.71. The molecule has 0 aliphatic rings. The maximum atomic E-state index is 10.7. The van der Waals surface area contributed by atoms with Crippen LogP contribution in [0.25, 0.3) is 21.8 Å². The Morgan fingerprint density at radius 3 is 1.37 bits per heavy atom. The van der Waals surface area contributed by atoms with E-state index < -0.39 is 11.9 Å². The number of benzene rings is 2. The summed E-state index contributed by atoms with van der Waals surface area (Å²) in [5.41, 5.74) is 1.23. The quantitative estimate of drug-likeness (QED) is 0.462. The van der Waals surface area contributed by atoms with E-state index in [9.17, 15) is 19.8 Å². The molecule has 7 heteroatoms. The van der Waals surface area contributed by atoms with Crippen molar-refractivity contribution in [3.8, 4) is 0 Å². The molecule has 4 aromatic rings. The van der Waals surface area contributed by atoms with Gasteiger partial charge in [-0.2, -0.15) is 0 Å². The van der Waals surface area contributed by atoms with Crippen LogP contribution in [0.5, 0.6) is 0 Å². The van der Waals surface area contributed by atoms with Gasteiger partial charge < -0.3 is 19.8 Å². The third kappa shape index (κ3) is 4.47. The number of carboxylic acids is 2. The number of carbonyl (C=O) groups excluding carboxylic acids is 2. The molecule has 0 saturated heterocycles. The zero-order valence-electron chi connectivity index (χ0n) is 13.8. The molecule has 137 valence electrons. The van der Waals surface area contributed by atoms with Crippen LogP contribution >= 0.6 is 0 Å². The number of fused-ring (bicyclic) bond motifs is 2. The van der Waals surface area contributed by atoms with E-state index in [-0.39, 0.29) is 28.2 Å². The smallest absolute Gasteiger partial charge is 0.545 e. The molecule has 0 bridgehead atoms. The summed E-state index contributed by atoms with van der Waals surface area (Å²) in [7, 11) is 0. The summed E-state index contributed by atoms with van der Waals surface area (Å²) < 4.78 is 0. The predicted octanol–water partition coefficient (Wildman–Crippen LogP) is 1.19. The van der Waals surface area contributed by atoms with Crippen LogP contribution < -0.4 is 10.2 Å². The number of para-hydroxylation sites is 2. The number of aromatic nitrogens is 2. The zero-order chi connectivity index (χ0) is 18.5. The minimum atomic E-state index is -1.19. The van der Waals surface area contributed by atoms with E-state index >= 15 is 0 Å². The number of rotatable bonds is 2. The molecular weight excluding hydrogens is 396 g/mol. The van der Waals surface area contributed by atoms with Gasteiger partial charge >= 0.3 is 17.1 Å². The molecule has 0 atom stereocenters. The average Bonchev–Trinajstić information content (AvgIpc) is 2.67. The van der Waals surface area contributed by atoms with Crippen LogP contribution in [0.3, 0.4) is 0 Å². The Morgan fingerprint density at radius 2 is 1.00 bits per heavy atom. The molecule has 0 aliphatic heterocycles. The summed E-state index contributed by atoms with van der Waals surface area (Å²) in [4.78, 5) is 29.3. The minimum absolute atomic E-state index is 0. The van der Waals surface area contributed by atoms with Gasteiger partial charge in [0.1, 0.15) is 0 Å². The van der Waals surface area contributed by atoms with Crippen LogP contribution in [0.1, 0.15) is 20.7 Å². The first-order chi connectivity index (χ1) is 12.6. The Kier molecular flexibility index (Phi) is 6.60. The van der Waals surface area contributed by atoms with Crippen molar-refractivity contribution in [2.75, 3.05) is 0 Å². The SMILES string of the molecule is O=C([O-])c1cccc2cccnc12.O=C([O-])c1cccc2cccnc12.[Cu+2]. The van der Waals surface area contributed by atoms with Crippen LogP contribution in [-0.4, -0.2) is 21.9 Å². The second-order valence-electron chi connectivity index (χ2n) is 5.34. The molecule has 0 aliphatic carbocycles. The number of aromatic carboxylic acids is 2. The van der Waals surface area contributed by atoms with Gasteiger partial charge in [-0.1, -0.05) is 48.5 Å². The Labute approximate surface area is 165 Å². The average molecular weight is 408 g/mol. The van der Waals surface area contributed by atoms with Crippen LogP contribution in [0.2, 0.25) is 0 Å². The molecule has 1 radical (unpaired) electrons. The van der Waals surface area contributed by atoms with Gasteiger partial charge in [-0.05, 0) is 12.1 Å². The fourth-order valence-electron chi connectivity index (χ4n) is 2.54. The first-order valence-electron chi connectivity index (χ1n) is 7.68. The third-order valence-corrected chi connectivity index (χ3v) is 3.71. The van der Waals surface area contributed by atoms with Gasteiger partial charge in [0.15, 0.2) is 0 Å². The van der Waals surface area contributed by atoms with E-state index in [2.05, 4.69) is 9.97 Å². The normalized spacial score (nSPS) is 9.78. The van der Waals surface area contributed by atoms with Crippen molar-refractivity contribution < 1.29 is 36.9 Å². The fourth-order valence-corrected chi connectivity index (χ4v) is 2.54. The first kappa shape index (κ1) is 20.0. The van der Waals surface area contributed by atoms with Gasteiger partial charge in [0.05, 0.1) is 23.0 Å². The van der Waals surface area contributed by atoms with E-state index in [1.54, 1.807) is 36.7 Å². The standard InChI is InChI=1S/2C10H7NO2.Cu/c2*12-10(13)8-5-1-3-7-4-2-6-11-9(7)8;/h2*1-6H,(H,12,13);/q;;+2/p-2. The number of carbonyl (C=O) groups is 2. The molecule has 4 rings (SSSR count). The van der Waals surface area contributed by atoms with E-state index in [0.29, 0.717) is 11.0 Å². The Hall–Kier alpha value is -3.28. The van der Waals surface area contributed by atoms with Crippen molar-refractivity contribution in [3.63, 3.8) is 0 Å². The summed E-state index contributed by atoms with van der Waals surface area (Å²) in [6.45, 7) is 0. The van der Waals surface area contributed by atoms with Crippen molar-refractivity contribution >= 4 is 33.7 Å². The molecule has 0 amide bonds. The van der Waals surface area contributed by atoms with E-state index in [1.165, 1.54) is 12.1 Å². The van der Waals surface area contributed by atoms with E-state index in [4.69, 9.17) is 0 Å². The van der Waals surface area contributed by atoms with Gasteiger partial charge in [0, 0.05) is 34.3 Å². The molecule has 0 N–H and O–H groups in total. The van der Waals surface area contributed by atoms with Gasteiger partial charge in [0.25, 0.3) is 0 Å². The molecular formula is C20H12CuN2O4. The molecule has 27 heavy (non-hydrogen) atoms. The summed E-state index contributed by atoms with van der Waals surface area (Å²) in [6.07, 6.45) is 3.13. The topological polar surface area (TPSA) is 106 Å². The summed E-state index contributed by atoms with van der Waals surface area (Å²) in [6, 6.07) is 17.1. The van der Waals surface area contributed by atoms with Crippen molar-refractivity contribution in [2.45, 2.75) is 0 Å². The van der Waals surface area contributed by atoms with Crippen LogP contribution in [-0.2, 0) is 17.1 Å². The Balaban J connectivity index is 0.000000187. The van der Waals surface area contributed by atoms with E-state index in [1.807, 2.05) is 24.3 Å². The summed E-state index contributed by atoms with van der Waals surface area (Å²) in [5.74, 6) is -2.38. The molecule has 0 fully saturated rings. The van der Waals surface area contributed by atoms with E-state index in [0.717, 1.165) is 10.8 Å². The molecule has 2 aromatic heterocycles. The maximum Gasteiger partial charge on any atom is 2.00 e. The molecule has 0 unspecified atom stereocenters. The second kappa shape index (κ2) is 8.89. The van der Waals surface area contributed by atoms with Crippen LogP contribution in [0, 0.1) is 0 Å². The maximum absolute atomic E-state index is 10.7. The largest absolute Gasteiger partial charge is 2.00 e.